The van der Waals surface area contributed by atoms with Gasteiger partial charge in [0.05, 0.1) is 5.69 Å². The molecule has 0 saturated heterocycles. The molecular weight excluding hydrogens is 332 g/mol. The van der Waals surface area contributed by atoms with Gasteiger partial charge in [-0.05, 0) is 23.8 Å². The zero-order valence-electron chi connectivity index (χ0n) is 11.8. The zero-order chi connectivity index (χ0) is 15.4. The first kappa shape index (κ1) is 15.6. The van der Waals surface area contributed by atoms with Gasteiger partial charge >= 0.3 is 0 Å². The molecule has 3 aromatic rings. The molecule has 0 amide bonds. The molecule has 22 heavy (non-hydrogen) atoms. The Balaban J connectivity index is 1.87. The van der Waals surface area contributed by atoms with E-state index in [4.69, 9.17) is 17.3 Å². The molecule has 0 aliphatic carbocycles. The van der Waals surface area contributed by atoms with Crippen LogP contribution in [0.15, 0.2) is 58.8 Å². The number of aromatic nitrogens is 1. The molecule has 0 spiro atoms. The van der Waals surface area contributed by atoms with Crippen LogP contribution >= 0.6 is 34.7 Å². The van der Waals surface area contributed by atoms with E-state index >= 15 is 0 Å². The van der Waals surface area contributed by atoms with Gasteiger partial charge in [-0.2, -0.15) is 0 Å². The first-order valence-electron chi connectivity index (χ1n) is 6.87. The molecule has 3 rings (SSSR count). The van der Waals surface area contributed by atoms with Crippen LogP contribution in [0.2, 0.25) is 5.02 Å². The van der Waals surface area contributed by atoms with Gasteiger partial charge in [-0.3, -0.25) is 0 Å². The van der Waals surface area contributed by atoms with E-state index in [-0.39, 0.29) is 0 Å². The van der Waals surface area contributed by atoms with E-state index in [1.54, 1.807) is 23.1 Å². The number of thioether (sulfide) groups is 1. The highest BCUT2D eigenvalue weighted by atomic mass is 35.5. The van der Waals surface area contributed by atoms with Gasteiger partial charge < -0.3 is 5.73 Å². The van der Waals surface area contributed by atoms with Crippen molar-refractivity contribution in [1.29, 1.82) is 0 Å². The standard InChI is InChI=1S/C17H15ClN2S2/c18-13-6-7-16(21-10-12-4-2-1-3-5-12)14(8-13)15-11-22-17(9-19)20-15/h1-8,11H,9-10,19H2. The maximum Gasteiger partial charge on any atom is 0.107 e. The van der Waals surface area contributed by atoms with Crippen molar-refractivity contribution >= 4 is 34.7 Å². The van der Waals surface area contributed by atoms with Gasteiger partial charge in [0.1, 0.15) is 5.01 Å². The van der Waals surface area contributed by atoms with Crippen LogP contribution in [0.5, 0.6) is 0 Å². The van der Waals surface area contributed by atoms with E-state index in [1.165, 1.54) is 10.5 Å². The van der Waals surface area contributed by atoms with E-state index < -0.39 is 0 Å². The lowest BCUT2D eigenvalue weighted by Crippen LogP contribution is -1.95. The molecule has 0 bridgehead atoms. The Bertz CT molecular complexity index is 756. The molecule has 0 atom stereocenters. The Labute approximate surface area is 143 Å². The fraction of sp³-hybridized carbons (Fsp3) is 0.118. The second-order valence-electron chi connectivity index (χ2n) is 4.75. The van der Waals surface area contributed by atoms with E-state index in [0.29, 0.717) is 6.54 Å². The molecule has 0 radical (unpaired) electrons. The van der Waals surface area contributed by atoms with Gasteiger partial charge in [0.15, 0.2) is 0 Å². The number of nitrogens with zero attached hydrogens (tertiary/aromatic N) is 1. The number of halogens is 1. The average Bonchev–Trinajstić information content (AvgIpc) is 3.03. The molecule has 1 aromatic heterocycles. The summed E-state index contributed by atoms with van der Waals surface area (Å²) < 4.78 is 0. The third kappa shape index (κ3) is 3.70. The quantitative estimate of drug-likeness (QED) is 0.644. The summed E-state index contributed by atoms with van der Waals surface area (Å²) in [5.41, 5.74) is 8.98. The molecule has 0 aliphatic heterocycles. The SMILES string of the molecule is NCc1nc(-c2cc(Cl)ccc2SCc2ccccc2)cs1. The topological polar surface area (TPSA) is 38.9 Å². The first-order chi connectivity index (χ1) is 10.8. The Morgan fingerprint density at radius 2 is 1.95 bits per heavy atom. The van der Waals surface area contributed by atoms with E-state index in [1.807, 2.05) is 23.6 Å². The molecule has 2 aromatic carbocycles. The number of hydrogen-bond acceptors (Lipinski definition) is 4. The summed E-state index contributed by atoms with van der Waals surface area (Å²) in [7, 11) is 0. The van der Waals surface area contributed by atoms with Crippen molar-refractivity contribution in [1.82, 2.24) is 4.98 Å². The van der Waals surface area contributed by atoms with Gasteiger partial charge in [-0.1, -0.05) is 41.9 Å². The van der Waals surface area contributed by atoms with Crippen LogP contribution in [0.1, 0.15) is 10.6 Å². The lowest BCUT2D eigenvalue weighted by Gasteiger charge is -2.08. The summed E-state index contributed by atoms with van der Waals surface area (Å²) in [5.74, 6) is 0.920. The Morgan fingerprint density at radius 3 is 2.68 bits per heavy atom. The van der Waals surface area contributed by atoms with Gasteiger partial charge in [0.25, 0.3) is 0 Å². The molecular formula is C17H15ClN2S2. The molecule has 0 saturated carbocycles. The number of thiazole rings is 1. The summed E-state index contributed by atoms with van der Waals surface area (Å²) in [5, 5.41) is 3.70. The number of rotatable bonds is 5. The highest BCUT2D eigenvalue weighted by molar-refractivity contribution is 7.98. The van der Waals surface area contributed by atoms with Crippen molar-refractivity contribution in [3.8, 4) is 11.3 Å². The Hall–Kier alpha value is -1.33. The van der Waals surface area contributed by atoms with Crippen LogP contribution in [-0.4, -0.2) is 4.98 Å². The number of hydrogen-bond donors (Lipinski definition) is 1. The summed E-state index contributed by atoms with van der Waals surface area (Å²) in [6, 6.07) is 16.4. The van der Waals surface area contributed by atoms with Crippen LogP contribution in [0, 0.1) is 0 Å². The zero-order valence-corrected chi connectivity index (χ0v) is 14.2. The summed E-state index contributed by atoms with van der Waals surface area (Å²) in [6.07, 6.45) is 0. The smallest absolute Gasteiger partial charge is 0.107 e. The van der Waals surface area contributed by atoms with Crippen molar-refractivity contribution in [2.75, 3.05) is 0 Å². The fourth-order valence-electron chi connectivity index (χ4n) is 2.09. The van der Waals surface area contributed by atoms with Crippen molar-refractivity contribution in [3.63, 3.8) is 0 Å². The van der Waals surface area contributed by atoms with Gasteiger partial charge in [0, 0.05) is 33.2 Å². The third-order valence-corrected chi connectivity index (χ3v) is 5.43. The normalized spacial score (nSPS) is 10.8. The van der Waals surface area contributed by atoms with Crippen molar-refractivity contribution < 1.29 is 0 Å². The second kappa shape index (κ2) is 7.29. The molecule has 5 heteroatoms. The summed E-state index contributed by atoms with van der Waals surface area (Å²) in [6.45, 7) is 0.470. The first-order valence-corrected chi connectivity index (χ1v) is 9.11. The van der Waals surface area contributed by atoms with E-state index in [9.17, 15) is 0 Å². The predicted octanol–water partition coefficient (Wildman–Crippen LogP) is 5.21. The number of benzene rings is 2. The van der Waals surface area contributed by atoms with Crippen molar-refractivity contribution in [2.24, 2.45) is 5.73 Å². The van der Waals surface area contributed by atoms with Gasteiger partial charge in [-0.25, -0.2) is 4.98 Å². The maximum absolute atomic E-state index is 6.17. The van der Waals surface area contributed by atoms with Crippen LogP contribution in [0.4, 0.5) is 0 Å². The highest BCUT2D eigenvalue weighted by Crippen LogP contribution is 2.35. The van der Waals surface area contributed by atoms with E-state index in [0.717, 1.165) is 27.0 Å². The molecule has 1 heterocycles. The maximum atomic E-state index is 6.17. The predicted molar refractivity (Wildman–Crippen MR) is 96.5 cm³/mol. The van der Waals surface area contributed by atoms with Crippen LogP contribution in [0.3, 0.4) is 0 Å². The van der Waals surface area contributed by atoms with Gasteiger partial charge in [-0.15, -0.1) is 23.1 Å². The number of nitrogens with two attached hydrogens (primary N) is 1. The Morgan fingerprint density at radius 1 is 1.14 bits per heavy atom. The Kier molecular flexibility index (Phi) is 5.16. The fourth-order valence-corrected chi connectivity index (χ4v) is 3.94. The molecule has 112 valence electrons. The molecule has 0 unspecified atom stereocenters. The van der Waals surface area contributed by atoms with Crippen molar-refractivity contribution in [3.05, 3.63) is 69.5 Å². The molecule has 0 aliphatic rings. The minimum atomic E-state index is 0.470. The molecule has 2 nitrogen and oxygen atoms in total. The van der Waals surface area contributed by atoms with Crippen molar-refractivity contribution in [2.45, 2.75) is 17.2 Å². The lowest BCUT2D eigenvalue weighted by atomic mass is 10.2. The summed E-state index contributed by atoms with van der Waals surface area (Å²) >= 11 is 9.55. The van der Waals surface area contributed by atoms with Gasteiger partial charge in [0.2, 0.25) is 0 Å². The second-order valence-corrected chi connectivity index (χ2v) is 7.14. The van der Waals surface area contributed by atoms with Crippen LogP contribution in [-0.2, 0) is 12.3 Å². The minimum Gasteiger partial charge on any atom is -0.325 e. The minimum absolute atomic E-state index is 0.470. The lowest BCUT2D eigenvalue weighted by molar-refractivity contribution is 1.04. The highest BCUT2D eigenvalue weighted by Gasteiger charge is 2.10. The average molecular weight is 347 g/mol. The van der Waals surface area contributed by atoms with E-state index in [2.05, 4.69) is 35.3 Å². The third-order valence-electron chi connectivity index (χ3n) is 3.18. The molecule has 0 fully saturated rings. The van der Waals surface area contributed by atoms with Crippen LogP contribution < -0.4 is 5.73 Å². The summed E-state index contributed by atoms with van der Waals surface area (Å²) in [4.78, 5) is 5.76. The largest absolute Gasteiger partial charge is 0.325 e. The molecule has 2 N–H and O–H groups in total. The monoisotopic (exact) mass is 346 g/mol. The van der Waals surface area contributed by atoms with Crippen LogP contribution in [0.25, 0.3) is 11.3 Å².